The molecule has 0 aliphatic carbocycles. The van der Waals surface area contributed by atoms with Crippen LogP contribution >= 0.6 is 0 Å². The molecule has 32 heavy (non-hydrogen) atoms. The number of rotatable bonds is 5. The summed E-state index contributed by atoms with van der Waals surface area (Å²) in [5, 5.41) is 2.78. The van der Waals surface area contributed by atoms with Crippen molar-refractivity contribution >= 4 is 27.7 Å². The van der Waals surface area contributed by atoms with E-state index >= 15 is 0 Å². The zero-order chi connectivity index (χ0) is 22.6. The van der Waals surface area contributed by atoms with Crippen LogP contribution in [0.4, 0.5) is 5.69 Å². The number of anilines is 1. The zero-order valence-corrected chi connectivity index (χ0v) is 18.7. The first-order chi connectivity index (χ1) is 15.4. The Morgan fingerprint density at radius 3 is 2.53 bits per heavy atom. The summed E-state index contributed by atoms with van der Waals surface area (Å²) in [4.78, 5) is 12.7. The van der Waals surface area contributed by atoms with Crippen LogP contribution in [0, 0.1) is 6.92 Å². The second kappa shape index (κ2) is 9.72. The van der Waals surface area contributed by atoms with Crippen molar-refractivity contribution in [3.05, 3.63) is 53.6 Å². The van der Waals surface area contributed by atoms with Crippen LogP contribution in [0.2, 0.25) is 0 Å². The molecule has 1 N–H and O–H groups in total. The monoisotopic (exact) mass is 458 g/mol. The van der Waals surface area contributed by atoms with Gasteiger partial charge in [-0.2, -0.15) is 4.31 Å². The third-order valence-corrected chi connectivity index (χ3v) is 7.17. The Hall–Kier alpha value is -2.88. The maximum absolute atomic E-state index is 12.9. The largest absolute Gasteiger partial charge is 0.490 e. The van der Waals surface area contributed by atoms with Crippen LogP contribution in [-0.2, 0) is 19.6 Å². The molecule has 1 saturated heterocycles. The second-order valence-corrected chi connectivity index (χ2v) is 9.51. The molecule has 2 heterocycles. The van der Waals surface area contributed by atoms with Crippen LogP contribution in [0.25, 0.3) is 6.08 Å². The predicted molar refractivity (Wildman–Crippen MR) is 120 cm³/mol. The summed E-state index contributed by atoms with van der Waals surface area (Å²) < 4.78 is 43.8. The molecule has 4 rings (SSSR count). The number of nitrogens with one attached hydrogen (secondary N) is 1. The number of amides is 1. The number of hydrogen-bond donors (Lipinski definition) is 1. The number of ether oxygens (including phenoxy) is 3. The average molecular weight is 459 g/mol. The van der Waals surface area contributed by atoms with Gasteiger partial charge < -0.3 is 19.5 Å². The number of carbonyl (C=O) groups is 1. The SMILES string of the molecule is Cc1ccc(S(=O)(=O)N2CCOCC2)cc1NC(=O)/C=C/c1ccc2c(c1)OCCCO2. The van der Waals surface area contributed by atoms with Crippen LogP contribution in [-0.4, -0.2) is 58.1 Å². The Kier molecular flexibility index (Phi) is 6.78. The van der Waals surface area contributed by atoms with Gasteiger partial charge in [0, 0.05) is 31.3 Å². The Morgan fingerprint density at radius 2 is 1.75 bits per heavy atom. The normalized spacial score (nSPS) is 17.2. The van der Waals surface area contributed by atoms with Crippen LogP contribution in [0.3, 0.4) is 0 Å². The van der Waals surface area contributed by atoms with E-state index in [0.29, 0.717) is 56.7 Å². The number of sulfonamides is 1. The van der Waals surface area contributed by atoms with E-state index in [1.165, 1.54) is 16.4 Å². The highest BCUT2D eigenvalue weighted by Gasteiger charge is 2.26. The van der Waals surface area contributed by atoms with Crippen molar-refractivity contribution in [3.8, 4) is 11.5 Å². The molecule has 1 amide bonds. The smallest absolute Gasteiger partial charge is 0.248 e. The number of benzene rings is 2. The van der Waals surface area contributed by atoms with Gasteiger partial charge in [0.25, 0.3) is 0 Å². The second-order valence-electron chi connectivity index (χ2n) is 7.57. The molecule has 0 bridgehead atoms. The van der Waals surface area contributed by atoms with Gasteiger partial charge in [-0.15, -0.1) is 0 Å². The van der Waals surface area contributed by atoms with Crippen LogP contribution < -0.4 is 14.8 Å². The van der Waals surface area contributed by atoms with E-state index in [2.05, 4.69) is 5.32 Å². The predicted octanol–water partition coefficient (Wildman–Crippen LogP) is 2.83. The molecule has 2 aliphatic rings. The quantitative estimate of drug-likeness (QED) is 0.693. The summed E-state index contributed by atoms with van der Waals surface area (Å²) >= 11 is 0. The highest BCUT2D eigenvalue weighted by Crippen LogP contribution is 2.31. The first-order valence-electron chi connectivity index (χ1n) is 10.5. The number of fused-ring (bicyclic) bond motifs is 1. The molecule has 2 aromatic carbocycles. The Bertz CT molecular complexity index is 1120. The van der Waals surface area contributed by atoms with Crippen LogP contribution in [0.5, 0.6) is 11.5 Å². The van der Waals surface area contributed by atoms with Crippen molar-refractivity contribution in [3.63, 3.8) is 0 Å². The Morgan fingerprint density at radius 1 is 1.00 bits per heavy atom. The number of nitrogens with zero attached hydrogens (tertiary/aromatic N) is 1. The fourth-order valence-electron chi connectivity index (χ4n) is 3.46. The van der Waals surface area contributed by atoms with Gasteiger partial charge in [-0.05, 0) is 48.4 Å². The molecule has 0 atom stereocenters. The molecular weight excluding hydrogens is 432 g/mol. The number of hydrogen-bond acceptors (Lipinski definition) is 6. The molecular formula is C23H26N2O6S. The maximum atomic E-state index is 12.9. The lowest BCUT2D eigenvalue weighted by Gasteiger charge is -2.26. The standard InChI is InChI=1S/C23H26N2O6S/c1-17-3-6-19(32(27,28)25-9-13-29-14-10-25)16-20(17)24-23(26)8-5-18-4-7-21-22(15-18)31-12-2-11-30-21/h3-8,15-16H,2,9-14H2,1H3,(H,24,26)/b8-5+. The summed E-state index contributed by atoms with van der Waals surface area (Å²) in [5.41, 5.74) is 2.01. The third kappa shape index (κ3) is 5.12. The van der Waals surface area contributed by atoms with Crippen molar-refractivity contribution in [2.75, 3.05) is 44.8 Å². The summed E-state index contributed by atoms with van der Waals surface area (Å²) in [5.74, 6) is 0.987. The molecule has 2 aromatic rings. The minimum Gasteiger partial charge on any atom is -0.490 e. The summed E-state index contributed by atoms with van der Waals surface area (Å²) in [6.45, 7) is 4.40. The number of aryl methyl sites for hydroxylation is 1. The van der Waals surface area contributed by atoms with E-state index in [1.54, 1.807) is 18.2 Å². The lowest BCUT2D eigenvalue weighted by Crippen LogP contribution is -2.40. The minimum atomic E-state index is -3.65. The highest BCUT2D eigenvalue weighted by atomic mass is 32.2. The molecule has 0 unspecified atom stereocenters. The molecule has 1 fully saturated rings. The van der Waals surface area contributed by atoms with Crippen molar-refractivity contribution in [1.82, 2.24) is 4.31 Å². The lowest BCUT2D eigenvalue weighted by molar-refractivity contribution is -0.111. The van der Waals surface area contributed by atoms with Gasteiger partial charge in [0.1, 0.15) is 0 Å². The molecule has 9 heteroatoms. The summed E-state index contributed by atoms with van der Waals surface area (Å²) in [6.07, 6.45) is 3.90. The van der Waals surface area contributed by atoms with Crippen molar-refractivity contribution in [1.29, 1.82) is 0 Å². The summed E-state index contributed by atoms with van der Waals surface area (Å²) in [6, 6.07) is 10.2. The molecule has 170 valence electrons. The van der Waals surface area contributed by atoms with Gasteiger partial charge in [-0.1, -0.05) is 12.1 Å². The molecule has 8 nitrogen and oxygen atoms in total. The van der Waals surface area contributed by atoms with E-state index in [1.807, 2.05) is 25.1 Å². The van der Waals surface area contributed by atoms with Crippen LogP contribution in [0.1, 0.15) is 17.5 Å². The van der Waals surface area contributed by atoms with Gasteiger partial charge >= 0.3 is 0 Å². The van der Waals surface area contributed by atoms with E-state index in [-0.39, 0.29) is 10.8 Å². The zero-order valence-electron chi connectivity index (χ0n) is 17.9. The average Bonchev–Trinajstić information content (AvgIpc) is 3.04. The van der Waals surface area contributed by atoms with Gasteiger partial charge in [0.2, 0.25) is 15.9 Å². The number of carbonyl (C=O) groups excluding carboxylic acids is 1. The first kappa shape index (κ1) is 22.3. The Balaban J connectivity index is 1.47. The van der Waals surface area contributed by atoms with E-state index in [4.69, 9.17) is 14.2 Å². The number of morpholine rings is 1. The van der Waals surface area contributed by atoms with Crippen molar-refractivity contribution < 1.29 is 27.4 Å². The van der Waals surface area contributed by atoms with Crippen molar-refractivity contribution in [2.24, 2.45) is 0 Å². The van der Waals surface area contributed by atoms with E-state index in [0.717, 1.165) is 17.5 Å². The Labute approximate surface area is 187 Å². The van der Waals surface area contributed by atoms with Crippen molar-refractivity contribution in [2.45, 2.75) is 18.2 Å². The maximum Gasteiger partial charge on any atom is 0.248 e. The molecule has 0 spiro atoms. The minimum absolute atomic E-state index is 0.146. The molecule has 0 saturated carbocycles. The van der Waals surface area contributed by atoms with E-state index < -0.39 is 10.0 Å². The highest BCUT2D eigenvalue weighted by molar-refractivity contribution is 7.89. The van der Waals surface area contributed by atoms with Crippen LogP contribution in [0.15, 0.2) is 47.4 Å². The molecule has 2 aliphatic heterocycles. The topological polar surface area (TPSA) is 94.2 Å². The summed E-state index contributed by atoms with van der Waals surface area (Å²) in [7, 11) is -3.65. The molecule has 0 radical (unpaired) electrons. The van der Waals surface area contributed by atoms with Gasteiger partial charge in [-0.25, -0.2) is 8.42 Å². The van der Waals surface area contributed by atoms with Gasteiger partial charge in [0.05, 0.1) is 31.3 Å². The third-order valence-electron chi connectivity index (χ3n) is 5.27. The van der Waals surface area contributed by atoms with Gasteiger partial charge in [-0.3, -0.25) is 4.79 Å². The first-order valence-corrected chi connectivity index (χ1v) is 11.9. The molecule has 0 aromatic heterocycles. The lowest BCUT2D eigenvalue weighted by atomic mass is 10.1. The van der Waals surface area contributed by atoms with E-state index in [9.17, 15) is 13.2 Å². The van der Waals surface area contributed by atoms with Gasteiger partial charge in [0.15, 0.2) is 11.5 Å². The fourth-order valence-corrected chi connectivity index (χ4v) is 4.90. The fraction of sp³-hybridized carbons (Fsp3) is 0.348.